The maximum Gasteiger partial charge on any atom is 0.231 e. The Morgan fingerprint density at radius 2 is 2.14 bits per heavy atom. The van der Waals surface area contributed by atoms with E-state index in [1.165, 1.54) is 24.2 Å². The zero-order chi connectivity index (χ0) is 19.5. The van der Waals surface area contributed by atoms with Crippen LogP contribution in [0.25, 0.3) is 0 Å². The number of rotatable bonds is 8. The first kappa shape index (κ1) is 19.1. The number of thiazole rings is 1. The van der Waals surface area contributed by atoms with Crippen molar-refractivity contribution in [2.24, 2.45) is 0 Å². The zero-order valence-electron chi connectivity index (χ0n) is 16.0. The first-order valence-corrected chi connectivity index (χ1v) is 11.3. The van der Waals surface area contributed by atoms with Crippen LogP contribution in [0.4, 0.5) is 5.69 Å². The monoisotopic (exact) mass is 413 g/mol. The zero-order valence-corrected chi connectivity index (χ0v) is 17.6. The minimum absolute atomic E-state index is 0.0392. The largest absolute Gasteiger partial charge is 0.325 e. The normalized spacial score (nSPS) is 13.6. The molecule has 1 aromatic carbocycles. The number of aromatic nitrogens is 4. The molecule has 0 spiro atoms. The predicted molar refractivity (Wildman–Crippen MR) is 113 cm³/mol. The Hall–Kier alpha value is -2.19. The van der Waals surface area contributed by atoms with Crippen molar-refractivity contribution in [3.05, 3.63) is 51.7 Å². The molecule has 28 heavy (non-hydrogen) atoms. The SMILES string of the molecule is CCn1c(SCc2csc(CC(=O)Nc3ccccc3C)n2)nnc1C1CC1. The van der Waals surface area contributed by atoms with Gasteiger partial charge in [-0.2, -0.15) is 0 Å². The quantitative estimate of drug-likeness (QED) is 0.554. The maximum atomic E-state index is 12.3. The number of carbonyl (C=O) groups is 1. The van der Waals surface area contributed by atoms with Crippen LogP contribution in [0.1, 0.15) is 47.8 Å². The average molecular weight is 414 g/mol. The van der Waals surface area contributed by atoms with Gasteiger partial charge < -0.3 is 9.88 Å². The standard InChI is InChI=1S/C20H23N5OS2/c1-3-25-19(14-8-9-14)23-24-20(25)28-12-15-11-27-18(21-15)10-17(26)22-16-7-5-4-6-13(16)2/h4-7,11,14H,3,8-10,12H2,1-2H3,(H,22,26). The number of hydrogen-bond donors (Lipinski definition) is 1. The summed E-state index contributed by atoms with van der Waals surface area (Å²) in [4.78, 5) is 16.9. The average Bonchev–Trinajstić information content (AvgIpc) is 3.29. The molecule has 2 aromatic heterocycles. The van der Waals surface area contributed by atoms with Crippen LogP contribution in [-0.2, 0) is 23.5 Å². The Morgan fingerprint density at radius 3 is 2.89 bits per heavy atom. The van der Waals surface area contributed by atoms with Crippen molar-refractivity contribution < 1.29 is 4.79 Å². The highest BCUT2D eigenvalue weighted by Gasteiger charge is 2.30. The van der Waals surface area contributed by atoms with Crippen molar-refractivity contribution >= 4 is 34.7 Å². The molecule has 1 N–H and O–H groups in total. The predicted octanol–water partition coefficient (Wildman–Crippen LogP) is 4.41. The minimum Gasteiger partial charge on any atom is -0.325 e. The van der Waals surface area contributed by atoms with Gasteiger partial charge in [0.1, 0.15) is 10.8 Å². The molecule has 6 nitrogen and oxygen atoms in total. The van der Waals surface area contributed by atoms with Gasteiger partial charge in [0.2, 0.25) is 5.91 Å². The van der Waals surface area contributed by atoms with Crippen molar-refractivity contribution in [2.75, 3.05) is 5.32 Å². The van der Waals surface area contributed by atoms with Gasteiger partial charge in [-0.3, -0.25) is 4.79 Å². The molecule has 1 saturated carbocycles. The minimum atomic E-state index is -0.0392. The third-order valence-electron chi connectivity index (χ3n) is 4.68. The van der Waals surface area contributed by atoms with E-state index in [2.05, 4.69) is 32.0 Å². The van der Waals surface area contributed by atoms with Crippen LogP contribution in [0.15, 0.2) is 34.8 Å². The van der Waals surface area contributed by atoms with E-state index >= 15 is 0 Å². The van der Waals surface area contributed by atoms with Crippen LogP contribution in [0, 0.1) is 6.92 Å². The fourth-order valence-electron chi connectivity index (χ4n) is 3.03. The summed E-state index contributed by atoms with van der Waals surface area (Å²) in [6, 6.07) is 7.78. The highest BCUT2D eigenvalue weighted by molar-refractivity contribution is 7.98. The summed E-state index contributed by atoms with van der Waals surface area (Å²) in [6.45, 7) is 5.01. The maximum absolute atomic E-state index is 12.3. The molecule has 1 aliphatic carbocycles. The molecule has 0 radical (unpaired) electrons. The van der Waals surface area contributed by atoms with Crippen molar-refractivity contribution in [1.29, 1.82) is 0 Å². The lowest BCUT2D eigenvalue weighted by Crippen LogP contribution is -2.15. The van der Waals surface area contributed by atoms with E-state index in [1.807, 2.05) is 36.6 Å². The second-order valence-electron chi connectivity index (χ2n) is 6.92. The molecule has 2 heterocycles. The number of anilines is 1. The first-order valence-electron chi connectivity index (χ1n) is 9.48. The Bertz CT molecular complexity index is 977. The van der Waals surface area contributed by atoms with E-state index in [0.717, 1.165) is 45.2 Å². The molecule has 3 aromatic rings. The molecule has 0 aliphatic heterocycles. The number of para-hydroxylation sites is 1. The van der Waals surface area contributed by atoms with Crippen molar-refractivity contribution in [2.45, 2.75) is 56.5 Å². The number of amides is 1. The number of benzene rings is 1. The van der Waals surface area contributed by atoms with Gasteiger partial charge >= 0.3 is 0 Å². The lowest BCUT2D eigenvalue weighted by molar-refractivity contribution is -0.115. The molecule has 4 rings (SSSR count). The van der Waals surface area contributed by atoms with Crippen LogP contribution in [0.2, 0.25) is 0 Å². The van der Waals surface area contributed by atoms with Gasteiger partial charge in [0.25, 0.3) is 0 Å². The van der Waals surface area contributed by atoms with E-state index in [9.17, 15) is 4.79 Å². The van der Waals surface area contributed by atoms with Gasteiger partial charge in [-0.15, -0.1) is 21.5 Å². The lowest BCUT2D eigenvalue weighted by Gasteiger charge is -2.06. The van der Waals surface area contributed by atoms with Crippen molar-refractivity contribution in [3.8, 4) is 0 Å². The Balaban J connectivity index is 1.33. The van der Waals surface area contributed by atoms with Crippen molar-refractivity contribution in [1.82, 2.24) is 19.7 Å². The van der Waals surface area contributed by atoms with Gasteiger partial charge in [0.15, 0.2) is 5.16 Å². The van der Waals surface area contributed by atoms with E-state index < -0.39 is 0 Å². The molecule has 1 amide bonds. The van der Waals surface area contributed by atoms with Crippen LogP contribution >= 0.6 is 23.1 Å². The molecule has 146 valence electrons. The lowest BCUT2D eigenvalue weighted by atomic mass is 10.2. The van der Waals surface area contributed by atoms with E-state index in [-0.39, 0.29) is 5.91 Å². The fourth-order valence-corrected chi connectivity index (χ4v) is 4.83. The van der Waals surface area contributed by atoms with Gasteiger partial charge in [0, 0.05) is 29.3 Å². The summed E-state index contributed by atoms with van der Waals surface area (Å²) in [7, 11) is 0. The highest BCUT2D eigenvalue weighted by atomic mass is 32.2. The third-order valence-corrected chi connectivity index (χ3v) is 6.58. The van der Waals surface area contributed by atoms with Crippen molar-refractivity contribution in [3.63, 3.8) is 0 Å². The first-order chi connectivity index (χ1) is 13.6. The van der Waals surface area contributed by atoms with Gasteiger partial charge in [-0.25, -0.2) is 4.98 Å². The van der Waals surface area contributed by atoms with Crippen LogP contribution < -0.4 is 5.32 Å². The van der Waals surface area contributed by atoms with E-state index in [1.54, 1.807) is 11.8 Å². The highest BCUT2D eigenvalue weighted by Crippen LogP contribution is 2.40. The summed E-state index contributed by atoms with van der Waals surface area (Å²) in [6.07, 6.45) is 2.74. The smallest absolute Gasteiger partial charge is 0.231 e. The number of nitrogens with zero attached hydrogens (tertiary/aromatic N) is 4. The number of thioether (sulfide) groups is 1. The molecule has 0 unspecified atom stereocenters. The number of aryl methyl sites for hydroxylation is 1. The summed E-state index contributed by atoms with van der Waals surface area (Å²) in [5.41, 5.74) is 2.88. The third kappa shape index (κ3) is 4.44. The number of carbonyl (C=O) groups excluding carboxylic acids is 1. The second kappa shape index (κ2) is 8.45. The Kier molecular flexibility index (Phi) is 5.77. The molecule has 1 fully saturated rings. The van der Waals surface area contributed by atoms with E-state index in [4.69, 9.17) is 0 Å². The van der Waals surface area contributed by atoms with Gasteiger partial charge in [0.05, 0.1) is 12.1 Å². The Morgan fingerprint density at radius 1 is 1.32 bits per heavy atom. The van der Waals surface area contributed by atoms with E-state index in [0.29, 0.717) is 12.3 Å². The molecule has 0 atom stereocenters. The number of nitrogens with one attached hydrogen (secondary N) is 1. The van der Waals surface area contributed by atoms with Crippen LogP contribution in [0.5, 0.6) is 0 Å². The second-order valence-corrected chi connectivity index (χ2v) is 8.81. The Labute approximate surface area is 172 Å². The van der Waals surface area contributed by atoms with Gasteiger partial charge in [-0.05, 0) is 38.3 Å². The van der Waals surface area contributed by atoms with Crippen LogP contribution in [-0.4, -0.2) is 25.7 Å². The number of hydrogen-bond acceptors (Lipinski definition) is 6. The fraction of sp³-hybridized carbons (Fsp3) is 0.400. The summed E-state index contributed by atoms with van der Waals surface area (Å²) in [5.74, 6) is 2.41. The topological polar surface area (TPSA) is 72.7 Å². The summed E-state index contributed by atoms with van der Waals surface area (Å²) < 4.78 is 2.21. The molecule has 0 saturated heterocycles. The molecule has 1 aliphatic rings. The summed E-state index contributed by atoms with van der Waals surface area (Å²) >= 11 is 3.19. The molecular formula is C20H23N5OS2. The van der Waals surface area contributed by atoms with Crippen LogP contribution in [0.3, 0.4) is 0 Å². The molecular weight excluding hydrogens is 390 g/mol. The van der Waals surface area contributed by atoms with Gasteiger partial charge in [-0.1, -0.05) is 30.0 Å². The molecule has 8 heteroatoms. The molecule has 0 bridgehead atoms. The summed E-state index contributed by atoms with van der Waals surface area (Å²) in [5, 5.41) is 15.5.